The number of nitrogens with one attached hydrogen (secondary N) is 3. The number of piperidine rings is 2. The molecule has 4 N–H and O–H groups in total. The van der Waals surface area contributed by atoms with Gasteiger partial charge in [0.1, 0.15) is 11.6 Å². The number of carbonyl (C=O) groups is 4. The minimum atomic E-state index is -1.33. The molecule has 0 bridgehead atoms. The number of carboxylic acid groups (broad SMARTS) is 1. The van der Waals surface area contributed by atoms with Crippen molar-refractivity contribution in [1.29, 1.82) is 0 Å². The Bertz CT molecular complexity index is 1700. The van der Waals surface area contributed by atoms with Crippen LogP contribution in [0.1, 0.15) is 45.6 Å². The summed E-state index contributed by atoms with van der Waals surface area (Å²) in [6.07, 6.45) is 1.98. The average molecular weight is 661 g/mol. The number of H-pyrrole nitrogens is 1. The first-order valence-corrected chi connectivity index (χ1v) is 16.7. The molecule has 256 valence electrons. The number of aromatic amines is 1. The zero-order valence-electron chi connectivity index (χ0n) is 27.4. The van der Waals surface area contributed by atoms with Crippen molar-refractivity contribution in [2.75, 3.05) is 50.8 Å². The standard InChI is InChI=1S/C34H44N8O6/c1-23(2)21-40-22-41(24-8-4-3-5-9-24)34(30(40)45)14-18-39(19-15-34)31(46)35-20-27(29(43)44)37-32(47)38-16-12-25(13-17-38)42-28-11-7-6-10-26(28)36-33(42)48/h3-11,23,25,27H,12-22H2,1-2H3,(H,35,46)(H,36,48)(H,37,47)(H,43,44)/t27-/m0/s1. The van der Waals surface area contributed by atoms with Gasteiger partial charge in [-0.2, -0.15) is 0 Å². The summed E-state index contributed by atoms with van der Waals surface area (Å²) in [5.41, 5.74) is 1.59. The number of urea groups is 2. The number of hydrogen-bond acceptors (Lipinski definition) is 6. The molecule has 1 spiro atoms. The van der Waals surface area contributed by atoms with Gasteiger partial charge < -0.3 is 40.3 Å². The van der Waals surface area contributed by atoms with Gasteiger partial charge in [0, 0.05) is 44.5 Å². The molecule has 3 fully saturated rings. The molecular weight excluding hydrogens is 616 g/mol. The molecule has 0 saturated carbocycles. The normalized spacial score (nSPS) is 18.9. The number of aromatic nitrogens is 2. The quantitative estimate of drug-likeness (QED) is 0.289. The van der Waals surface area contributed by atoms with E-state index in [9.17, 15) is 29.1 Å². The zero-order valence-corrected chi connectivity index (χ0v) is 27.4. The third kappa shape index (κ3) is 6.43. The van der Waals surface area contributed by atoms with Crippen molar-refractivity contribution >= 4 is 40.7 Å². The first-order valence-electron chi connectivity index (χ1n) is 16.7. The van der Waals surface area contributed by atoms with Crippen molar-refractivity contribution in [1.82, 2.24) is 34.9 Å². The molecule has 5 amide bonds. The van der Waals surface area contributed by atoms with E-state index in [1.165, 1.54) is 4.90 Å². The third-order valence-electron chi connectivity index (χ3n) is 9.84. The highest BCUT2D eigenvalue weighted by Crippen LogP contribution is 2.39. The van der Waals surface area contributed by atoms with Gasteiger partial charge in [0.05, 0.1) is 24.2 Å². The third-order valence-corrected chi connectivity index (χ3v) is 9.84. The molecule has 4 heterocycles. The molecule has 0 radical (unpaired) electrons. The summed E-state index contributed by atoms with van der Waals surface area (Å²) >= 11 is 0. The second kappa shape index (κ2) is 13.6. The van der Waals surface area contributed by atoms with Crippen LogP contribution in [0.15, 0.2) is 59.4 Å². The molecule has 3 aromatic rings. The Hall–Kier alpha value is -5.01. The first-order chi connectivity index (χ1) is 23.1. The van der Waals surface area contributed by atoms with E-state index in [-0.39, 0.29) is 24.2 Å². The molecule has 0 aliphatic carbocycles. The second-order valence-electron chi connectivity index (χ2n) is 13.4. The van der Waals surface area contributed by atoms with Crippen LogP contribution in [0.4, 0.5) is 15.3 Å². The lowest BCUT2D eigenvalue weighted by Crippen LogP contribution is -2.59. The van der Waals surface area contributed by atoms with Gasteiger partial charge in [0.15, 0.2) is 0 Å². The van der Waals surface area contributed by atoms with E-state index in [1.54, 1.807) is 9.47 Å². The SMILES string of the molecule is CC(C)CN1CN(c2ccccc2)C2(CCN(C(=O)NC[C@H](NC(=O)N3CCC(n4c(=O)[nH]c5ccccc54)CC3)C(=O)O)CC2)C1=O. The Labute approximate surface area is 278 Å². The van der Waals surface area contributed by atoms with Crippen LogP contribution < -0.4 is 21.2 Å². The lowest BCUT2D eigenvalue weighted by Gasteiger charge is -2.43. The average Bonchev–Trinajstić information content (AvgIpc) is 3.55. The van der Waals surface area contributed by atoms with Gasteiger partial charge in [0.25, 0.3) is 0 Å². The number of anilines is 1. The van der Waals surface area contributed by atoms with Crippen molar-refractivity contribution in [2.45, 2.75) is 57.2 Å². The lowest BCUT2D eigenvalue weighted by atomic mass is 9.85. The molecule has 14 heteroatoms. The summed E-state index contributed by atoms with van der Waals surface area (Å²) < 4.78 is 1.73. The summed E-state index contributed by atoms with van der Waals surface area (Å²) in [6.45, 7) is 6.38. The molecule has 3 aliphatic heterocycles. The number of benzene rings is 2. The molecule has 6 rings (SSSR count). The molecule has 48 heavy (non-hydrogen) atoms. The first kappa shape index (κ1) is 32.9. The van der Waals surface area contributed by atoms with Crippen LogP contribution in [0, 0.1) is 5.92 Å². The number of amides is 5. The van der Waals surface area contributed by atoms with E-state index in [1.807, 2.05) is 59.5 Å². The molecule has 14 nitrogen and oxygen atoms in total. The van der Waals surface area contributed by atoms with Crippen molar-refractivity contribution in [2.24, 2.45) is 5.92 Å². The molecule has 2 aromatic carbocycles. The Kier molecular flexibility index (Phi) is 9.33. The van der Waals surface area contributed by atoms with Crippen molar-refractivity contribution in [3.63, 3.8) is 0 Å². The van der Waals surface area contributed by atoms with E-state index < -0.39 is 29.6 Å². The summed E-state index contributed by atoms with van der Waals surface area (Å²) in [5.74, 6) is -0.869. The van der Waals surface area contributed by atoms with Crippen molar-refractivity contribution in [3.8, 4) is 0 Å². The molecule has 0 unspecified atom stereocenters. The number of nitrogens with zero attached hydrogens (tertiary/aromatic N) is 5. The van der Waals surface area contributed by atoms with Crippen LogP contribution in [0.25, 0.3) is 11.0 Å². The molecule has 3 aliphatic rings. The maximum atomic E-state index is 13.8. The molecule has 3 saturated heterocycles. The van der Waals surface area contributed by atoms with Gasteiger partial charge in [-0.25, -0.2) is 19.2 Å². The van der Waals surface area contributed by atoms with Crippen LogP contribution in [-0.2, 0) is 9.59 Å². The smallest absolute Gasteiger partial charge is 0.328 e. The minimum Gasteiger partial charge on any atom is -0.480 e. The number of carbonyl (C=O) groups excluding carboxylic acids is 3. The number of carboxylic acids is 1. The minimum absolute atomic E-state index is 0.0753. The van der Waals surface area contributed by atoms with Gasteiger partial charge in [0.2, 0.25) is 5.91 Å². The highest BCUT2D eigenvalue weighted by atomic mass is 16.4. The number of aliphatic carboxylic acids is 1. The number of para-hydroxylation sites is 3. The maximum absolute atomic E-state index is 13.8. The lowest BCUT2D eigenvalue weighted by molar-refractivity contribution is -0.139. The van der Waals surface area contributed by atoms with Crippen LogP contribution in [0.2, 0.25) is 0 Å². The van der Waals surface area contributed by atoms with E-state index in [2.05, 4.69) is 34.4 Å². The van der Waals surface area contributed by atoms with Gasteiger partial charge in [-0.1, -0.05) is 44.2 Å². The predicted octanol–water partition coefficient (Wildman–Crippen LogP) is 2.64. The van der Waals surface area contributed by atoms with Crippen LogP contribution in [0.5, 0.6) is 0 Å². The van der Waals surface area contributed by atoms with Crippen LogP contribution in [0.3, 0.4) is 0 Å². The summed E-state index contributed by atoms with van der Waals surface area (Å²) in [5, 5.41) is 15.1. The van der Waals surface area contributed by atoms with E-state index in [0.29, 0.717) is 71.0 Å². The van der Waals surface area contributed by atoms with Crippen molar-refractivity contribution < 1.29 is 24.3 Å². The molecule has 1 atom stereocenters. The highest BCUT2D eigenvalue weighted by molar-refractivity contribution is 5.94. The number of likely N-dealkylation sites (tertiary alicyclic amines) is 2. The molecule has 1 aromatic heterocycles. The number of imidazole rings is 1. The van der Waals surface area contributed by atoms with Crippen LogP contribution >= 0.6 is 0 Å². The fourth-order valence-corrected chi connectivity index (χ4v) is 7.37. The Balaban J connectivity index is 1.02. The second-order valence-corrected chi connectivity index (χ2v) is 13.4. The number of hydrogen-bond donors (Lipinski definition) is 4. The number of rotatable bonds is 8. The van der Waals surface area contributed by atoms with E-state index >= 15 is 0 Å². The Morgan fingerprint density at radius 1 is 0.917 bits per heavy atom. The summed E-state index contributed by atoms with van der Waals surface area (Å²) in [7, 11) is 0. The largest absolute Gasteiger partial charge is 0.480 e. The fourth-order valence-electron chi connectivity index (χ4n) is 7.37. The van der Waals surface area contributed by atoms with Crippen molar-refractivity contribution in [3.05, 3.63) is 65.1 Å². The van der Waals surface area contributed by atoms with Gasteiger partial charge >= 0.3 is 23.7 Å². The summed E-state index contributed by atoms with van der Waals surface area (Å²) in [6, 6.07) is 14.9. The topological polar surface area (TPSA) is 163 Å². The van der Waals surface area contributed by atoms with E-state index in [0.717, 1.165) is 16.7 Å². The van der Waals surface area contributed by atoms with Gasteiger partial charge in [-0.3, -0.25) is 9.36 Å². The number of fused-ring (bicyclic) bond motifs is 1. The fraction of sp³-hybridized carbons (Fsp3) is 0.500. The van der Waals surface area contributed by atoms with Gasteiger partial charge in [-0.05, 0) is 55.9 Å². The maximum Gasteiger partial charge on any atom is 0.328 e. The van der Waals surface area contributed by atoms with Crippen LogP contribution in [-0.4, -0.2) is 111 Å². The zero-order chi connectivity index (χ0) is 34.0. The molecular formula is C34H44N8O6. The Morgan fingerprint density at radius 3 is 2.23 bits per heavy atom. The highest BCUT2D eigenvalue weighted by Gasteiger charge is 2.54. The summed E-state index contributed by atoms with van der Waals surface area (Å²) in [4.78, 5) is 74.8. The Morgan fingerprint density at radius 2 is 1.56 bits per heavy atom. The predicted molar refractivity (Wildman–Crippen MR) is 180 cm³/mol. The van der Waals surface area contributed by atoms with E-state index in [4.69, 9.17) is 0 Å². The van der Waals surface area contributed by atoms with Gasteiger partial charge in [-0.15, -0.1) is 0 Å². The monoisotopic (exact) mass is 660 g/mol.